The summed E-state index contributed by atoms with van der Waals surface area (Å²) in [4.78, 5) is 37.2. The van der Waals surface area contributed by atoms with E-state index in [-0.39, 0.29) is 25.4 Å². The summed E-state index contributed by atoms with van der Waals surface area (Å²) in [6, 6.07) is 1.79. The van der Waals surface area contributed by atoms with Crippen LogP contribution in [0.1, 0.15) is 78.7 Å². The lowest BCUT2D eigenvalue weighted by atomic mass is 9.38. The van der Waals surface area contributed by atoms with Crippen LogP contribution in [0, 0.1) is 28.1 Å². The maximum absolute atomic E-state index is 13.2. The highest BCUT2D eigenvalue weighted by Crippen LogP contribution is 2.79. The zero-order chi connectivity index (χ0) is 30.9. The van der Waals surface area contributed by atoms with Gasteiger partial charge in [-0.1, -0.05) is 13.8 Å². The second kappa shape index (κ2) is 9.05. The molecule has 11 heteroatoms. The minimum atomic E-state index is -1.77. The Morgan fingerprint density at radius 2 is 1.60 bits per heavy atom. The smallest absolute Gasteiger partial charge is 0.302 e. The Bertz CT molecular complexity index is 1340. The van der Waals surface area contributed by atoms with Gasteiger partial charge in [-0.15, -0.1) is 0 Å². The van der Waals surface area contributed by atoms with Gasteiger partial charge in [0.15, 0.2) is 0 Å². The molecule has 2 saturated heterocycles. The number of esters is 3. The van der Waals surface area contributed by atoms with E-state index >= 15 is 0 Å². The average molecular weight is 603 g/mol. The number of ether oxygens (including phenoxy) is 5. The largest absolute Gasteiger partial charge is 0.472 e. The van der Waals surface area contributed by atoms with Crippen molar-refractivity contribution < 1.29 is 52.7 Å². The van der Waals surface area contributed by atoms with Crippen LogP contribution in [0.2, 0.25) is 0 Å². The number of carbonyl (C=O) groups is 3. The van der Waals surface area contributed by atoms with Crippen molar-refractivity contribution in [2.24, 2.45) is 28.1 Å². The standard InChI is InChI=1S/C32H42O11/c1-15(33)40-19-9-21-29(5)23(42-17(3)35)11-22(41-16(2)34)28(4)14-39-25(26(28)29)27-31(21,12-19)32(37)24(43-27)10-20(30(32,6)36)18-7-8-38-13-18/h7-8,13,19-27,36-37H,9-12,14H2,1-6H3/t19-,20-,21+,22+,23-,24-,25?,26?,27+,28+,29-,30-,31-,32+/m0/s1. The molecule has 0 bridgehead atoms. The lowest BCUT2D eigenvalue weighted by Gasteiger charge is -2.66. The van der Waals surface area contributed by atoms with Gasteiger partial charge in [-0.3, -0.25) is 14.4 Å². The van der Waals surface area contributed by atoms with Gasteiger partial charge in [0, 0.05) is 55.3 Å². The normalized spacial score (nSPS) is 52.5. The highest BCUT2D eigenvalue weighted by atomic mass is 16.6. The van der Waals surface area contributed by atoms with Gasteiger partial charge in [-0.05, 0) is 43.7 Å². The molecule has 4 saturated carbocycles. The van der Waals surface area contributed by atoms with E-state index in [4.69, 9.17) is 28.1 Å². The van der Waals surface area contributed by atoms with E-state index < -0.39 is 93.8 Å². The number of carbonyl (C=O) groups excluding carboxylic acids is 3. The van der Waals surface area contributed by atoms with Crippen molar-refractivity contribution >= 4 is 17.9 Å². The number of fused-ring (bicyclic) bond motifs is 3. The van der Waals surface area contributed by atoms with Crippen LogP contribution in [0.15, 0.2) is 23.0 Å². The Morgan fingerprint density at radius 1 is 0.930 bits per heavy atom. The van der Waals surface area contributed by atoms with Crippen molar-refractivity contribution in [3.63, 3.8) is 0 Å². The molecule has 1 aromatic rings. The van der Waals surface area contributed by atoms with E-state index in [1.54, 1.807) is 25.5 Å². The van der Waals surface area contributed by atoms with Crippen molar-refractivity contribution in [1.29, 1.82) is 0 Å². The Hall–Kier alpha value is -2.47. The third-order valence-electron chi connectivity index (χ3n) is 12.7. The monoisotopic (exact) mass is 602 g/mol. The summed E-state index contributed by atoms with van der Waals surface area (Å²) in [7, 11) is 0. The predicted octanol–water partition coefficient (Wildman–Crippen LogP) is 2.65. The molecule has 2 N–H and O–H groups in total. The summed E-state index contributed by atoms with van der Waals surface area (Å²) in [6.45, 7) is 10.2. The molecule has 2 unspecified atom stereocenters. The molecule has 7 rings (SSSR count). The summed E-state index contributed by atoms with van der Waals surface area (Å²) in [5.41, 5.74) is -5.24. The average Bonchev–Trinajstić information content (AvgIpc) is 3.69. The first-order valence-corrected chi connectivity index (χ1v) is 15.4. The van der Waals surface area contributed by atoms with E-state index in [9.17, 15) is 24.6 Å². The van der Waals surface area contributed by atoms with Gasteiger partial charge in [0.05, 0.1) is 37.4 Å². The summed E-state index contributed by atoms with van der Waals surface area (Å²) >= 11 is 0. The molecular formula is C32H42O11. The topological polar surface area (TPSA) is 151 Å². The number of rotatable bonds is 4. The zero-order valence-corrected chi connectivity index (χ0v) is 25.5. The molecule has 3 heterocycles. The van der Waals surface area contributed by atoms with Crippen LogP contribution >= 0.6 is 0 Å². The number of furan rings is 1. The first-order valence-electron chi connectivity index (χ1n) is 15.4. The zero-order valence-electron chi connectivity index (χ0n) is 25.5. The summed E-state index contributed by atoms with van der Waals surface area (Å²) in [5.74, 6) is -2.51. The van der Waals surface area contributed by atoms with Crippen molar-refractivity contribution in [3.8, 4) is 0 Å². The molecule has 0 amide bonds. The van der Waals surface area contributed by atoms with Crippen LogP contribution in [-0.4, -0.2) is 82.6 Å². The van der Waals surface area contributed by atoms with E-state index in [2.05, 4.69) is 13.8 Å². The van der Waals surface area contributed by atoms with E-state index in [1.165, 1.54) is 20.8 Å². The Morgan fingerprint density at radius 3 is 2.23 bits per heavy atom. The molecule has 0 aromatic carbocycles. The van der Waals surface area contributed by atoms with Gasteiger partial charge in [-0.25, -0.2) is 0 Å². The Labute approximate surface area is 250 Å². The fraction of sp³-hybridized carbons (Fsp3) is 0.781. The van der Waals surface area contributed by atoms with Crippen LogP contribution in [0.4, 0.5) is 0 Å². The molecule has 0 radical (unpaired) electrons. The molecule has 1 aromatic heterocycles. The summed E-state index contributed by atoms with van der Waals surface area (Å²) in [5, 5.41) is 25.7. The first kappa shape index (κ1) is 29.3. The molecule has 1 spiro atoms. The molecule has 6 fully saturated rings. The van der Waals surface area contributed by atoms with Crippen LogP contribution in [-0.2, 0) is 38.1 Å². The Balaban J connectivity index is 1.43. The van der Waals surface area contributed by atoms with Gasteiger partial charge in [0.2, 0.25) is 0 Å². The van der Waals surface area contributed by atoms with E-state index in [1.807, 2.05) is 0 Å². The van der Waals surface area contributed by atoms with Crippen LogP contribution in [0.3, 0.4) is 0 Å². The molecule has 43 heavy (non-hydrogen) atoms. The van der Waals surface area contributed by atoms with Gasteiger partial charge in [0.1, 0.15) is 29.5 Å². The lowest BCUT2D eigenvalue weighted by Crippen LogP contribution is -2.75. The van der Waals surface area contributed by atoms with Crippen molar-refractivity contribution in [3.05, 3.63) is 24.2 Å². The van der Waals surface area contributed by atoms with Crippen LogP contribution in [0.5, 0.6) is 0 Å². The van der Waals surface area contributed by atoms with Crippen molar-refractivity contribution in [2.75, 3.05) is 6.61 Å². The molecule has 236 valence electrons. The van der Waals surface area contributed by atoms with Gasteiger partial charge in [0.25, 0.3) is 0 Å². The second-order valence-corrected chi connectivity index (χ2v) is 14.6. The predicted molar refractivity (Wildman–Crippen MR) is 146 cm³/mol. The Kier molecular flexibility index (Phi) is 6.16. The maximum Gasteiger partial charge on any atom is 0.302 e. The van der Waals surface area contributed by atoms with Crippen LogP contribution < -0.4 is 0 Å². The summed E-state index contributed by atoms with van der Waals surface area (Å²) in [6.07, 6.45) is 0.570. The second-order valence-electron chi connectivity index (χ2n) is 14.6. The van der Waals surface area contributed by atoms with Crippen molar-refractivity contribution in [2.45, 2.75) is 121 Å². The van der Waals surface area contributed by atoms with Crippen molar-refractivity contribution in [1.82, 2.24) is 0 Å². The van der Waals surface area contributed by atoms with Crippen LogP contribution in [0.25, 0.3) is 0 Å². The fourth-order valence-corrected chi connectivity index (χ4v) is 11.5. The third-order valence-corrected chi connectivity index (χ3v) is 12.7. The van der Waals surface area contributed by atoms with E-state index in [0.29, 0.717) is 12.8 Å². The highest BCUT2D eigenvalue weighted by molar-refractivity contribution is 5.67. The lowest BCUT2D eigenvalue weighted by molar-refractivity contribution is -0.280. The van der Waals surface area contributed by atoms with Gasteiger partial charge < -0.3 is 38.3 Å². The molecule has 2 aliphatic heterocycles. The number of hydrogen-bond donors (Lipinski definition) is 2. The van der Waals surface area contributed by atoms with Gasteiger partial charge >= 0.3 is 17.9 Å². The molecule has 11 nitrogen and oxygen atoms in total. The quantitative estimate of drug-likeness (QED) is 0.387. The molecule has 6 aliphatic rings. The first-order chi connectivity index (χ1) is 20.1. The molecule has 14 atom stereocenters. The minimum absolute atomic E-state index is 0.252. The molecular weight excluding hydrogens is 560 g/mol. The summed E-state index contributed by atoms with van der Waals surface area (Å²) < 4.78 is 36.8. The number of aliphatic hydroxyl groups is 2. The fourth-order valence-electron chi connectivity index (χ4n) is 11.5. The SMILES string of the molecule is CC(=O)O[C@H]1C[C@@H]2[C@]3(C)C4C(OC[C@]4(C)[C@H](OC(C)=O)C[C@@H]3OC(C)=O)[C@H]3O[C@H]4C[C@@H](c5ccoc5)[C@](C)(O)[C@@]4(O)[C@]32C1. The third kappa shape index (κ3) is 3.42. The maximum atomic E-state index is 13.2. The van der Waals surface area contributed by atoms with E-state index in [0.717, 1.165) is 5.56 Å². The molecule has 4 aliphatic carbocycles. The number of hydrogen-bond acceptors (Lipinski definition) is 11. The van der Waals surface area contributed by atoms with Gasteiger partial charge in [-0.2, -0.15) is 0 Å². The highest BCUT2D eigenvalue weighted by Gasteiger charge is 2.88. The minimum Gasteiger partial charge on any atom is -0.472 e.